The first-order chi connectivity index (χ1) is 9.04. The zero-order valence-electron chi connectivity index (χ0n) is 11.9. The number of nitrogens with zero attached hydrogens (tertiary/aromatic N) is 2. The molecule has 1 aromatic carbocycles. The van der Waals surface area contributed by atoms with Crippen molar-refractivity contribution in [3.05, 3.63) is 30.0 Å². The highest BCUT2D eigenvalue weighted by Gasteiger charge is 2.33. The van der Waals surface area contributed by atoms with E-state index in [1.165, 1.54) is 0 Å². The summed E-state index contributed by atoms with van der Waals surface area (Å²) in [6.07, 6.45) is 0.707. The van der Waals surface area contributed by atoms with Crippen LogP contribution in [0.5, 0.6) is 0 Å². The molecule has 104 valence electrons. The number of aryl methyl sites for hydroxylation is 1. The zero-order chi connectivity index (χ0) is 14.0. The second kappa shape index (κ2) is 5.31. The van der Waals surface area contributed by atoms with Gasteiger partial charge in [-0.05, 0) is 12.0 Å². The molecular weight excluding hydrogens is 238 g/mol. The average Bonchev–Trinajstić information content (AvgIpc) is 2.73. The Hall–Kier alpha value is -1.39. The highest BCUT2D eigenvalue weighted by atomic mass is 16.3. The van der Waals surface area contributed by atoms with Gasteiger partial charge in [0.25, 0.3) is 0 Å². The van der Waals surface area contributed by atoms with Gasteiger partial charge in [-0.2, -0.15) is 5.10 Å². The molecule has 0 amide bonds. The van der Waals surface area contributed by atoms with E-state index in [0.29, 0.717) is 18.9 Å². The summed E-state index contributed by atoms with van der Waals surface area (Å²) < 4.78 is 1.89. The molecule has 4 heteroatoms. The smallest absolute Gasteiger partial charge is 0.0710 e. The Balaban J connectivity index is 2.45. The number of aromatic nitrogens is 2. The predicted octanol–water partition coefficient (Wildman–Crippen LogP) is 1.71. The Labute approximate surface area is 114 Å². The molecule has 1 unspecified atom stereocenters. The summed E-state index contributed by atoms with van der Waals surface area (Å²) in [5.41, 5.74) is 7.76. The van der Waals surface area contributed by atoms with Crippen molar-refractivity contribution in [3.8, 4) is 0 Å². The Morgan fingerprint density at radius 1 is 1.37 bits per heavy atom. The molecule has 0 aliphatic carbocycles. The fraction of sp³-hybridized carbons (Fsp3) is 0.533. The molecule has 0 saturated carbocycles. The van der Waals surface area contributed by atoms with Crippen molar-refractivity contribution in [2.45, 2.75) is 20.3 Å². The van der Waals surface area contributed by atoms with Crippen LogP contribution in [-0.2, 0) is 13.5 Å². The molecule has 1 atom stereocenters. The molecular formula is C15H23N3O. The van der Waals surface area contributed by atoms with Gasteiger partial charge in [0.1, 0.15) is 0 Å². The molecule has 1 aromatic heterocycles. The van der Waals surface area contributed by atoms with Crippen LogP contribution in [0.4, 0.5) is 0 Å². The minimum Gasteiger partial charge on any atom is -0.396 e. The number of hydrogen-bond acceptors (Lipinski definition) is 3. The maximum Gasteiger partial charge on any atom is 0.0710 e. The lowest BCUT2D eigenvalue weighted by atomic mass is 9.74. The Bertz CT molecular complexity index is 556. The second-order valence-corrected chi connectivity index (χ2v) is 5.64. The van der Waals surface area contributed by atoms with Gasteiger partial charge in [-0.3, -0.25) is 4.68 Å². The number of para-hydroxylation sites is 1. The van der Waals surface area contributed by atoms with Crippen molar-refractivity contribution < 1.29 is 5.11 Å². The summed E-state index contributed by atoms with van der Waals surface area (Å²) in [6.45, 7) is 4.76. The number of fused-ring (bicyclic) bond motifs is 1. The van der Waals surface area contributed by atoms with Crippen LogP contribution in [0.15, 0.2) is 24.3 Å². The van der Waals surface area contributed by atoms with Crippen LogP contribution in [0, 0.1) is 11.3 Å². The first-order valence-electron chi connectivity index (χ1n) is 6.75. The van der Waals surface area contributed by atoms with Gasteiger partial charge in [0.05, 0.1) is 17.8 Å². The second-order valence-electron chi connectivity index (χ2n) is 5.64. The van der Waals surface area contributed by atoms with Gasteiger partial charge < -0.3 is 10.8 Å². The van der Waals surface area contributed by atoms with Crippen molar-refractivity contribution in [3.63, 3.8) is 0 Å². The van der Waals surface area contributed by atoms with Crippen LogP contribution < -0.4 is 5.73 Å². The summed E-state index contributed by atoms with van der Waals surface area (Å²) in [5, 5.41) is 15.5. The van der Waals surface area contributed by atoms with E-state index in [4.69, 9.17) is 5.73 Å². The number of rotatable bonds is 5. The van der Waals surface area contributed by atoms with Gasteiger partial charge in [-0.15, -0.1) is 0 Å². The van der Waals surface area contributed by atoms with Gasteiger partial charge >= 0.3 is 0 Å². The van der Waals surface area contributed by atoms with E-state index in [-0.39, 0.29) is 12.0 Å². The lowest BCUT2D eigenvalue weighted by Crippen LogP contribution is -2.41. The maximum atomic E-state index is 9.77. The highest BCUT2D eigenvalue weighted by molar-refractivity contribution is 5.81. The number of hydrogen-bond donors (Lipinski definition) is 2. The molecule has 3 N–H and O–H groups in total. The normalized spacial score (nSPS) is 15.1. The number of benzene rings is 1. The molecule has 1 heterocycles. The lowest BCUT2D eigenvalue weighted by Gasteiger charge is -2.34. The summed E-state index contributed by atoms with van der Waals surface area (Å²) in [6, 6.07) is 8.17. The van der Waals surface area contributed by atoms with Crippen LogP contribution in [0.25, 0.3) is 10.9 Å². The summed E-state index contributed by atoms with van der Waals surface area (Å²) in [4.78, 5) is 0. The third kappa shape index (κ3) is 2.38. The van der Waals surface area contributed by atoms with Crippen LogP contribution in [0.2, 0.25) is 0 Å². The van der Waals surface area contributed by atoms with Crippen LogP contribution >= 0.6 is 0 Å². The van der Waals surface area contributed by atoms with Gasteiger partial charge in [0, 0.05) is 30.8 Å². The molecule has 0 radical (unpaired) electrons. The standard InChI is InChI=1S/C15H23N3O/c1-11(2)15(9-16,10-19)8-13-12-6-4-5-7-14(12)18(3)17-13/h4-7,11,19H,8-10,16H2,1-3H3. The highest BCUT2D eigenvalue weighted by Crippen LogP contribution is 2.32. The van der Waals surface area contributed by atoms with E-state index >= 15 is 0 Å². The van der Waals surface area contributed by atoms with E-state index in [1.807, 2.05) is 23.9 Å². The Morgan fingerprint density at radius 3 is 2.63 bits per heavy atom. The number of aliphatic hydroxyl groups excluding tert-OH is 1. The molecule has 0 saturated heterocycles. The summed E-state index contributed by atoms with van der Waals surface area (Å²) in [7, 11) is 1.95. The molecule has 0 bridgehead atoms. The van der Waals surface area contributed by atoms with E-state index < -0.39 is 0 Å². The first kappa shape index (κ1) is 14.0. The van der Waals surface area contributed by atoms with Crippen LogP contribution in [-0.4, -0.2) is 28.0 Å². The van der Waals surface area contributed by atoms with E-state index in [0.717, 1.165) is 16.6 Å². The molecule has 0 fully saturated rings. The predicted molar refractivity (Wildman–Crippen MR) is 77.8 cm³/mol. The quantitative estimate of drug-likeness (QED) is 0.861. The summed E-state index contributed by atoms with van der Waals surface area (Å²) in [5.74, 6) is 0.309. The van der Waals surface area contributed by atoms with Crippen molar-refractivity contribution in [2.75, 3.05) is 13.2 Å². The van der Waals surface area contributed by atoms with E-state index in [2.05, 4.69) is 31.1 Å². The number of aliphatic hydroxyl groups is 1. The van der Waals surface area contributed by atoms with Crippen molar-refractivity contribution >= 4 is 10.9 Å². The van der Waals surface area contributed by atoms with Crippen LogP contribution in [0.3, 0.4) is 0 Å². The SMILES string of the molecule is CC(C)C(CN)(CO)Cc1nn(C)c2ccccc12. The van der Waals surface area contributed by atoms with Gasteiger partial charge in [-0.25, -0.2) is 0 Å². The lowest BCUT2D eigenvalue weighted by molar-refractivity contribution is 0.0834. The van der Waals surface area contributed by atoms with E-state index in [1.54, 1.807) is 0 Å². The largest absolute Gasteiger partial charge is 0.396 e. The van der Waals surface area contributed by atoms with Crippen molar-refractivity contribution in [2.24, 2.45) is 24.1 Å². The molecule has 0 aliphatic heterocycles. The third-order valence-corrected chi connectivity index (χ3v) is 4.30. The van der Waals surface area contributed by atoms with Crippen LogP contribution in [0.1, 0.15) is 19.5 Å². The van der Waals surface area contributed by atoms with Gasteiger partial charge in [-0.1, -0.05) is 32.0 Å². The van der Waals surface area contributed by atoms with E-state index in [9.17, 15) is 5.11 Å². The minimum absolute atomic E-state index is 0.0894. The first-order valence-corrected chi connectivity index (χ1v) is 6.75. The molecule has 0 aliphatic rings. The minimum atomic E-state index is -0.295. The topological polar surface area (TPSA) is 64.1 Å². The summed E-state index contributed by atoms with van der Waals surface area (Å²) >= 11 is 0. The molecule has 2 aromatic rings. The zero-order valence-corrected chi connectivity index (χ0v) is 11.9. The number of nitrogens with two attached hydrogens (primary N) is 1. The van der Waals surface area contributed by atoms with Crippen molar-refractivity contribution in [1.29, 1.82) is 0 Å². The van der Waals surface area contributed by atoms with Gasteiger partial charge in [0.2, 0.25) is 0 Å². The third-order valence-electron chi connectivity index (χ3n) is 4.30. The molecule has 4 nitrogen and oxygen atoms in total. The molecule has 19 heavy (non-hydrogen) atoms. The van der Waals surface area contributed by atoms with Crippen molar-refractivity contribution in [1.82, 2.24) is 9.78 Å². The Kier molecular flexibility index (Phi) is 3.92. The molecule has 0 spiro atoms. The van der Waals surface area contributed by atoms with Gasteiger partial charge in [0.15, 0.2) is 0 Å². The maximum absolute atomic E-state index is 9.77. The fourth-order valence-corrected chi connectivity index (χ4v) is 2.57. The monoisotopic (exact) mass is 261 g/mol. The molecule has 2 rings (SSSR count). The Morgan fingerprint density at radius 2 is 2.05 bits per heavy atom. The fourth-order valence-electron chi connectivity index (χ4n) is 2.57. The average molecular weight is 261 g/mol.